The van der Waals surface area contributed by atoms with Gasteiger partial charge in [-0.05, 0) is 43.6 Å². The van der Waals surface area contributed by atoms with Gasteiger partial charge in [0.05, 0.1) is 11.3 Å². The van der Waals surface area contributed by atoms with Crippen LogP contribution in [0.1, 0.15) is 30.9 Å². The van der Waals surface area contributed by atoms with Crippen molar-refractivity contribution in [3.63, 3.8) is 0 Å². The lowest BCUT2D eigenvalue weighted by Gasteiger charge is -2.29. The maximum Gasteiger partial charge on any atom is 0.101 e. The first-order valence-electron chi connectivity index (χ1n) is 7.23. The van der Waals surface area contributed by atoms with Gasteiger partial charge in [0, 0.05) is 25.5 Å². The molecule has 0 aromatic heterocycles. The van der Waals surface area contributed by atoms with E-state index in [4.69, 9.17) is 11.6 Å². The summed E-state index contributed by atoms with van der Waals surface area (Å²) in [6.45, 7) is 5.50. The SMILES string of the molecule is CCN1CCCC1CN(C)c1ccc(CCl)cc1C#N. The number of hydrogen-bond acceptors (Lipinski definition) is 3. The molecule has 0 radical (unpaired) electrons. The van der Waals surface area contributed by atoms with E-state index in [0.29, 0.717) is 17.5 Å². The van der Waals surface area contributed by atoms with Crippen molar-refractivity contribution in [3.05, 3.63) is 29.3 Å². The predicted molar refractivity (Wildman–Crippen MR) is 84.3 cm³/mol. The third-order valence-electron chi connectivity index (χ3n) is 4.14. The number of benzene rings is 1. The molecule has 1 saturated heterocycles. The van der Waals surface area contributed by atoms with Gasteiger partial charge in [0.15, 0.2) is 0 Å². The molecule has 1 heterocycles. The average Bonchev–Trinajstić information content (AvgIpc) is 2.93. The Morgan fingerprint density at radius 3 is 2.95 bits per heavy atom. The highest BCUT2D eigenvalue weighted by Gasteiger charge is 2.24. The summed E-state index contributed by atoms with van der Waals surface area (Å²) < 4.78 is 0. The Labute approximate surface area is 126 Å². The number of halogens is 1. The average molecular weight is 292 g/mol. The molecule has 1 fully saturated rings. The van der Waals surface area contributed by atoms with E-state index in [0.717, 1.165) is 24.3 Å². The highest BCUT2D eigenvalue weighted by Crippen LogP contribution is 2.24. The number of likely N-dealkylation sites (N-methyl/N-ethyl adjacent to an activating group) is 2. The highest BCUT2D eigenvalue weighted by molar-refractivity contribution is 6.17. The molecule has 1 aliphatic heterocycles. The molecule has 0 aliphatic carbocycles. The quantitative estimate of drug-likeness (QED) is 0.780. The summed E-state index contributed by atoms with van der Waals surface area (Å²) in [6, 6.07) is 8.80. The fourth-order valence-electron chi connectivity index (χ4n) is 3.02. The van der Waals surface area contributed by atoms with Crippen molar-refractivity contribution in [3.8, 4) is 6.07 Å². The van der Waals surface area contributed by atoms with Crippen molar-refractivity contribution in [2.75, 3.05) is 31.6 Å². The second kappa shape index (κ2) is 6.97. The lowest BCUT2D eigenvalue weighted by Crippen LogP contribution is -2.39. The van der Waals surface area contributed by atoms with Crippen LogP contribution in [0.25, 0.3) is 0 Å². The van der Waals surface area contributed by atoms with Crippen LogP contribution in [0.3, 0.4) is 0 Å². The molecule has 4 heteroatoms. The first-order chi connectivity index (χ1) is 9.69. The zero-order valence-electron chi connectivity index (χ0n) is 12.3. The lowest BCUT2D eigenvalue weighted by atomic mass is 10.1. The molecule has 0 bridgehead atoms. The van der Waals surface area contributed by atoms with E-state index < -0.39 is 0 Å². The van der Waals surface area contributed by atoms with Crippen LogP contribution >= 0.6 is 11.6 Å². The molecule has 0 amide bonds. The van der Waals surface area contributed by atoms with Gasteiger partial charge in [-0.1, -0.05) is 13.0 Å². The van der Waals surface area contributed by atoms with Crippen molar-refractivity contribution in [1.82, 2.24) is 4.90 Å². The molecule has 1 aliphatic rings. The second-order valence-corrected chi connectivity index (χ2v) is 5.67. The van der Waals surface area contributed by atoms with E-state index in [1.165, 1.54) is 19.4 Å². The molecule has 108 valence electrons. The summed E-state index contributed by atoms with van der Waals surface area (Å²) in [6.07, 6.45) is 2.53. The fraction of sp³-hybridized carbons (Fsp3) is 0.562. The number of alkyl halides is 1. The molecule has 20 heavy (non-hydrogen) atoms. The molecule has 1 atom stereocenters. The van der Waals surface area contributed by atoms with Crippen molar-refractivity contribution < 1.29 is 0 Å². The molecule has 0 N–H and O–H groups in total. The molecule has 1 aromatic rings. The largest absolute Gasteiger partial charge is 0.372 e. The van der Waals surface area contributed by atoms with Crippen molar-refractivity contribution in [1.29, 1.82) is 5.26 Å². The first kappa shape index (κ1) is 15.2. The maximum absolute atomic E-state index is 9.32. The molecule has 0 spiro atoms. The van der Waals surface area contributed by atoms with Gasteiger partial charge in [-0.25, -0.2) is 0 Å². The zero-order valence-corrected chi connectivity index (χ0v) is 13.0. The van der Waals surface area contributed by atoms with E-state index in [2.05, 4.69) is 29.8 Å². The number of nitriles is 1. The van der Waals surface area contributed by atoms with Crippen LogP contribution in [-0.2, 0) is 5.88 Å². The van der Waals surface area contributed by atoms with E-state index >= 15 is 0 Å². The molecular formula is C16H22ClN3. The Hall–Kier alpha value is -1.24. The Kier molecular flexibility index (Phi) is 5.28. The summed E-state index contributed by atoms with van der Waals surface area (Å²) in [4.78, 5) is 4.73. The summed E-state index contributed by atoms with van der Waals surface area (Å²) >= 11 is 5.83. The Bertz CT molecular complexity index is 495. The van der Waals surface area contributed by atoms with E-state index in [1.54, 1.807) is 0 Å². The molecule has 1 aromatic carbocycles. The predicted octanol–water partition coefficient (Wildman–Crippen LogP) is 3.22. The van der Waals surface area contributed by atoms with Gasteiger partial charge in [-0.2, -0.15) is 5.26 Å². The maximum atomic E-state index is 9.32. The minimum absolute atomic E-state index is 0.449. The molecule has 1 unspecified atom stereocenters. The van der Waals surface area contributed by atoms with Gasteiger partial charge < -0.3 is 4.90 Å². The third kappa shape index (κ3) is 3.26. The molecule has 3 nitrogen and oxygen atoms in total. The third-order valence-corrected chi connectivity index (χ3v) is 4.45. The normalized spacial score (nSPS) is 19.0. The minimum atomic E-state index is 0.449. The van der Waals surface area contributed by atoms with Crippen LogP contribution in [0.15, 0.2) is 18.2 Å². The van der Waals surface area contributed by atoms with Crippen molar-refractivity contribution in [2.45, 2.75) is 31.7 Å². The highest BCUT2D eigenvalue weighted by atomic mass is 35.5. The van der Waals surface area contributed by atoms with Gasteiger partial charge in [0.2, 0.25) is 0 Å². The monoisotopic (exact) mass is 291 g/mol. The Morgan fingerprint density at radius 1 is 1.50 bits per heavy atom. The van der Waals surface area contributed by atoms with Gasteiger partial charge in [-0.15, -0.1) is 11.6 Å². The first-order valence-corrected chi connectivity index (χ1v) is 7.77. The summed E-state index contributed by atoms with van der Waals surface area (Å²) in [5, 5.41) is 9.32. The minimum Gasteiger partial charge on any atom is -0.372 e. The summed E-state index contributed by atoms with van der Waals surface area (Å²) in [7, 11) is 2.07. The van der Waals surface area contributed by atoms with Crippen LogP contribution in [0.5, 0.6) is 0 Å². The second-order valence-electron chi connectivity index (χ2n) is 5.40. The van der Waals surface area contributed by atoms with Crippen LogP contribution < -0.4 is 4.90 Å². The van der Waals surface area contributed by atoms with E-state index in [1.807, 2.05) is 18.2 Å². The Balaban J connectivity index is 2.13. The van der Waals surface area contributed by atoms with Gasteiger partial charge in [0.25, 0.3) is 0 Å². The van der Waals surface area contributed by atoms with Crippen LogP contribution in [0.4, 0.5) is 5.69 Å². The van der Waals surface area contributed by atoms with Crippen molar-refractivity contribution >= 4 is 17.3 Å². The smallest absolute Gasteiger partial charge is 0.101 e. The van der Waals surface area contributed by atoms with Gasteiger partial charge in [0.1, 0.15) is 6.07 Å². The van der Waals surface area contributed by atoms with Crippen molar-refractivity contribution in [2.24, 2.45) is 0 Å². The lowest BCUT2D eigenvalue weighted by molar-refractivity contribution is 0.270. The molecular weight excluding hydrogens is 270 g/mol. The van der Waals surface area contributed by atoms with Crippen LogP contribution in [0.2, 0.25) is 0 Å². The van der Waals surface area contributed by atoms with E-state index in [-0.39, 0.29) is 0 Å². The van der Waals surface area contributed by atoms with Crippen LogP contribution in [0, 0.1) is 11.3 Å². The summed E-state index contributed by atoms with van der Waals surface area (Å²) in [5.74, 6) is 0.449. The number of rotatable bonds is 5. The molecule has 0 saturated carbocycles. The number of anilines is 1. The van der Waals surface area contributed by atoms with Crippen LogP contribution in [-0.4, -0.2) is 37.6 Å². The zero-order chi connectivity index (χ0) is 14.5. The fourth-order valence-corrected chi connectivity index (χ4v) is 3.19. The van der Waals surface area contributed by atoms with Gasteiger partial charge >= 0.3 is 0 Å². The number of hydrogen-bond donors (Lipinski definition) is 0. The topological polar surface area (TPSA) is 30.3 Å². The number of likely N-dealkylation sites (tertiary alicyclic amines) is 1. The summed E-state index contributed by atoms with van der Waals surface area (Å²) in [5.41, 5.74) is 2.72. The molecule has 2 rings (SSSR count). The standard InChI is InChI=1S/C16H22ClN3/c1-3-20-8-4-5-15(20)12-19(2)16-7-6-13(10-17)9-14(16)11-18/h6-7,9,15H,3-5,8,10,12H2,1-2H3. The number of nitrogens with zero attached hydrogens (tertiary/aromatic N) is 3. The van der Waals surface area contributed by atoms with Gasteiger partial charge in [-0.3, -0.25) is 4.90 Å². The Morgan fingerprint density at radius 2 is 2.30 bits per heavy atom. The van der Waals surface area contributed by atoms with E-state index in [9.17, 15) is 5.26 Å².